The van der Waals surface area contributed by atoms with Gasteiger partial charge in [-0.05, 0) is 35.7 Å². The monoisotopic (exact) mass is 375 g/mol. The van der Waals surface area contributed by atoms with Crippen molar-refractivity contribution in [3.05, 3.63) is 59.9 Å². The molecule has 0 atom stereocenters. The van der Waals surface area contributed by atoms with Gasteiger partial charge in [0.1, 0.15) is 0 Å². The molecule has 1 amide bonds. The van der Waals surface area contributed by atoms with Crippen molar-refractivity contribution in [2.45, 2.75) is 38.1 Å². The number of benzene rings is 1. The molecule has 0 aliphatic carbocycles. The molecular formula is C19H25N3O3S. The molecule has 0 spiro atoms. The average molecular weight is 375 g/mol. The number of aromatic nitrogens is 1. The first-order valence-corrected chi connectivity index (χ1v) is 10.2. The maximum atomic E-state index is 12.4. The topological polar surface area (TPSA) is 79.4 Å². The summed E-state index contributed by atoms with van der Waals surface area (Å²) in [6, 6.07) is 10.4. The molecule has 140 valence electrons. The largest absolute Gasteiger partial charge is 0.352 e. The molecular weight excluding hydrogens is 350 g/mol. The van der Waals surface area contributed by atoms with Gasteiger partial charge in [0.25, 0.3) is 0 Å². The summed E-state index contributed by atoms with van der Waals surface area (Å²) in [5, 5.41) is 2.85. The molecule has 1 heterocycles. The lowest BCUT2D eigenvalue weighted by molar-refractivity contribution is -0.121. The van der Waals surface area contributed by atoms with Crippen molar-refractivity contribution in [1.29, 1.82) is 0 Å². The van der Waals surface area contributed by atoms with Gasteiger partial charge in [-0.1, -0.05) is 32.0 Å². The van der Waals surface area contributed by atoms with E-state index in [0.717, 1.165) is 11.1 Å². The van der Waals surface area contributed by atoms with Crippen LogP contribution in [-0.4, -0.2) is 36.7 Å². The summed E-state index contributed by atoms with van der Waals surface area (Å²) in [6.07, 6.45) is 4.48. The minimum absolute atomic E-state index is 0.0475. The maximum absolute atomic E-state index is 12.4. The minimum Gasteiger partial charge on any atom is -0.352 e. The zero-order chi connectivity index (χ0) is 19.0. The van der Waals surface area contributed by atoms with Crippen LogP contribution >= 0.6 is 0 Å². The van der Waals surface area contributed by atoms with E-state index in [0.29, 0.717) is 32.5 Å². The Morgan fingerprint density at radius 2 is 1.77 bits per heavy atom. The highest BCUT2D eigenvalue weighted by atomic mass is 32.2. The average Bonchev–Trinajstić information content (AvgIpc) is 2.66. The Labute approximate surface area is 155 Å². The molecule has 1 aromatic carbocycles. The van der Waals surface area contributed by atoms with Crippen molar-refractivity contribution in [1.82, 2.24) is 14.6 Å². The minimum atomic E-state index is -3.45. The second kappa shape index (κ2) is 9.45. The van der Waals surface area contributed by atoms with Crippen LogP contribution in [0.15, 0.2) is 53.7 Å². The van der Waals surface area contributed by atoms with Crippen LogP contribution < -0.4 is 5.32 Å². The number of rotatable bonds is 9. The first-order valence-electron chi connectivity index (χ1n) is 8.72. The van der Waals surface area contributed by atoms with Crippen LogP contribution in [0.4, 0.5) is 0 Å². The predicted molar refractivity (Wildman–Crippen MR) is 101 cm³/mol. The zero-order valence-corrected chi connectivity index (χ0v) is 16.0. The van der Waals surface area contributed by atoms with Crippen LogP contribution in [0, 0.1) is 0 Å². The summed E-state index contributed by atoms with van der Waals surface area (Å²) in [6.45, 7) is 4.88. The van der Waals surface area contributed by atoms with E-state index >= 15 is 0 Å². The van der Waals surface area contributed by atoms with Crippen LogP contribution in [0.3, 0.4) is 0 Å². The molecule has 6 nitrogen and oxygen atoms in total. The lowest BCUT2D eigenvalue weighted by atomic mass is 10.1. The third kappa shape index (κ3) is 5.37. The van der Waals surface area contributed by atoms with Crippen LogP contribution in [0.5, 0.6) is 0 Å². The lowest BCUT2D eigenvalue weighted by Crippen LogP contribution is -2.30. The Hall–Kier alpha value is -2.25. The van der Waals surface area contributed by atoms with Gasteiger partial charge in [0, 0.05) is 38.4 Å². The Morgan fingerprint density at radius 3 is 2.35 bits per heavy atom. The van der Waals surface area contributed by atoms with E-state index in [2.05, 4.69) is 10.3 Å². The van der Waals surface area contributed by atoms with Gasteiger partial charge in [0.2, 0.25) is 15.9 Å². The van der Waals surface area contributed by atoms with Crippen LogP contribution in [0.1, 0.15) is 31.4 Å². The summed E-state index contributed by atoms with van der Waals surface area (Å²) < 4.78 is 26.3. The van der Waals surface area contributed by atoms with Gasteiger partial charge in [-0.15, -0.1) is 0 Å². The molecule has 0 aliphatic rings. The van der Waals surface area contributed by atoms with Crippen molar-refractivity contribution in [3.8, 4) is 0 Å². The van der Waals surface area contributed by atoms with E-state index in [-0.39, 0.29) is 10.8 Å². The molecule has 26 heavy (non-hydrogen) atoms. The van der Waals surface area contributed by atoms with E-state index in [1.807, 2.05) is 26.0 Å². The number of hydrogen-bond acceptors (Lipinski definition) is 4. The summed E-state index contributed by atoms with van der Waals surface area (Å²) in [5.74, 6) is -0.0475. The fourth-order valence-electron chi connectivity index (χ4n) is 2.58. The van der Waals surface area contributed by atoms with Crippen LogP contribution in [0.25, 0.3) is 0 Å². The molecule has 7 heteroatoms. The van der Waals surface area contributed by atoms with Crippen LogP contribution in [0.2, 0.25) is 0 Å². The Kier molecular flexibility index (Phi) is 7.29. The molecule has 0 fully saturated rings. The molecule has 0 radical (unpaired) electrons. The van der Waals surface area contributed by atoms with Gasteiger partial charge in [-0.3, -0.25) is 9.78 Å². The van der Waals surface area contributed by atoms with Crippen molar-refractivity contribution < 1.29 is 13.2 Å². The van der Waals surface area contributed by atoms with E-state index in [4.69, 9.17) is 0 Å². The Balaban J connectivity index is 1.88. The number of sulfonamides is 1. The van der Waals surface area contributed by atoms with Gasteiger partial charge in [0.05, 0.1) is 4.90 Å². The highest BCUT2D eigenvalue weighted by Crippen LogP contribution is 2.16. The summed E-state index contributed by atoms with van der Waals surface area (Å²) in [4.78, 5) is 16.2. The smallest absolute Gasteiger partial charge is 0.243 e. The zero-order valence-electron chi connectivity index (χ0n) is 15.2. The molecule has 0 saturated heterocycles. The summed E-state index contributed by atoms with van der Waals surface area (Å²) in [7, 11) is -3.45. The Bertz CT molecular complexity index is 802. The third-order valence-electron chi connectivity index (χ3n) is 4.12. The normalized spacial score (nSPS) is 11.5. The quantitative estimate of drug-likeness (QED) is 0.730. The van der Waals surface area contributed by atoms with Crippen molar-refractivity contribution in [2.24, 2.45) is 0 Å². The molecule has 0 bridgehead atoms. The van der Waals surface area contributed by atoms with E-state index < -0.39 is 10.0 Å². The molecule has 0 unspecified atom stereocenters. The number of aryl methyl sites for hydroxylation is 1. The SMILES string of the molecule is CCN(CC)S(=O)(=O)c1ccc(CNC(=O)CCc2cccnc2)cc1. The number of amides is 1. The molecule has 1 N–H and O–H groups in total. The number of hydrogen-bond donors (Lipinski definition) is 1. The van der Waals surface area contributed by atoms with Crippen molar-refractivity contribution in [3.63, 3.8) is 0 Å². The summed E-state index contributed by atoms with van der Waals surface area (Å²) in [5.41, 5.74) is 1.88. The maximum Gasteiger partial charge on any atom is 0.243 e. The fourth-order valence-corrected chi connectivity index (χ4v) is 4.04. The standard InChI is InChI=1S/C19H25N3O3S/c1-3-22(4-2)26(24,25)18-10-7-17(8-11-18)15-21-19(23)12-9-16-6-5-13-20-14-16/h5-8,10-11,13-14H,3-4,9,12,15H2,1-2H3,(H,21,23). The summed E-state index contributed by atoms with van der Waals surface area (Å²) >= 11 is 0. The van der Waals surface area contributed by atoms with Gasteiger partial charge in [-0.25, -0.2) is 8.42 Å². The van der Waals surface area contributed by atoms with Crippen molar-refractivity contribution in [2.75, 3.05) is 13.1 Å². The van der Waals surface area contributed by atoms with E-state index in [9.17, 15) is 13.2 Å². The lowest BCUT2D eigenvalue weighted by Gasteiger charge is -2.18. The number of nitrogens with zero attached hydrogens (tertiary/aromatic N) is 2. The highest BCUT2D eigenvalue weighted by molar-refractivity contribution is 7.89. The first-order chi connectivity index (χ1) is 12.5. The highest BCUT2D eigenvalue weighted by Gasteiger charge is 2.21. The van der Waals surface area contributed by atoms with Gasteiger partial charge >= 0.3 is 0 Å². The number of carbonyl (C=O) groups is 1. The fraction of sp³-hybridized carbons (Fsp3) is 0.368. The second-order valence-corrected chi connectivity index (χ2v) is 7.81. The molecule has 0 saturated carbocycles. The van der Waals surface area contributed by atoms with Crippen molar-refractivity contribution >= 4 is 15.9 Å². The van der Waals surface area contributed by atoms with Gasteiger partial charge in [0.15, 0.2) is 0 Å². The number of nitrogens with one attached hydrogen (secondary N) is 1. The first kappa shape index (κ1) is 20.1. The molecule has 2 rings (SSSR count). The van der Waals surface area contributed by atoms with Gasteiger partial charge < -0.3 is 5.32 Å². The number of carbonyl (C=O) groups excluding carboxylic acids is 1. The van der Waals surface area contributed by atoms with Crippen LogP contribution in [-0.2, 0) is 27.8 Å². The molecule has 1 aromatic heterocycles. The van der Waals surface area contributed by atoms with Gasteiger partial charge in [-0.2, -0.15) is 4.31 Å². The molecule has 0 aliphatic heterocycles. The number of pyridine rings is 1. The van der Waals surface area contributed by atoms with E-state index in [1.54, 1.807) is 36.7 Å². The third-order valence-corrected chi connectivity index (χ3v) is 6.18. The second-order valence-electron chi connectivity index (χ2n) is 5.87. The Morgan fingerprint density at radius 1 is 1.08 bits per heavy atom. The van der Waals surface area contributed by atoms with E-state index in [1.165, 1.54) is 4.31 Å². The predicted octanol–water partition coefficient (Wildman–Crippen LogP) is 2.36. The molecule has 2 aromatic rings.